The molecule has 1 saturated heterocycles. The normalized spacial score (nSPS) is 31.8. The van der Waals surface area contributed by atoms with E-state index in [-0.39, 0.29) is 6.42 Å². The first-order chi connectivity index (χ1) is 11.6. The maximum absolute atomic E-state index is 12.8. The molecular weight excluding hydrogens is 348 g/mol. The maximum Gasteiger partial charge on any atom is 0.351 e. The fourth-order valence-corrected chi connectivity index (χ4v) is 3.67. The molecular formula is C16H24N2O8. The van der Waals surface area contributed by atoms with Gasteiger partial charge in [-0.3, -0.25) is 25.0 Å². The van der Waals surface area contributed by atoms with E-state index in [0.29, 0.717) is 6.42 Å². The number of hydrogen-bond acceptors (Lipinski definition) is 8. The van der Waals surface area contributed by atoms with Gasteiger partial charge in [0.2, 0.25) is 5.60 Å². The van der Waals surface area contributed by atoms with Gasteiger partial charge in [0.15, 0.2) is 6.61 Å². The minimum absolute atomic E-state index is 0.245. The Morgan fingerprint density at radius 3 is 2.04 bits per heavy atom. The Kier molecular flexibility index (Phi) is 4.14. The Hall–Kier alpha value is -2.26. The third-order valence-corrected chi connectivity index (χ3v) is 7.08. The highest BCUT2D eigenvalue weighted by Gasteiger charge is 2.76. The molecule has 2 fully saturated rings. The van der Waals surface area contributed by atoms with Gasteiger partial charge in [-0.25, -0.2) is 4.79 Å². The zero-order valence-electron chi connectivity index (χ0n) is 15.8. The van der Waals surface area contributed by atoms with Crippen LogP contribution in [-0.2, 0) is 19.1 Å². The van der Waals surface area contributed by atoms with Gasteiger partial charge >= 0.3 is 17.5 Å². The van der Waals surface area contributed by atoms with E-state index in [1.165, 1.54) is 0 Å². The van der Waals surface area contributed by atoms with Gasteiger partial charge < -0.3 is 9.47 Å². The third-order valence-electron chi connectivity index (χ3n) is 7.08. The zero-order chi connectivity index (χ0) is 20.3. The number of nitrogens with zero attached hydrogens (tertiary/aromatic N) is 2. The van der Waals surface area contributed by atoms with E-state index in [1.807, 2.05) is 0 Å². The van der Waals surface area contributed by atoms with Crippen LogP contribution in [0.5, 0.6) is 0 Å². The molecule has 1 heterocycles. The van der Waals surface area contributed by atoms with E-state index in [4.69, 9.17) is 9.47 Å². The molecule has 0 aromatic rings. The van der Waals surface area contributed by atoms with Crippen molar-refractivity contribution in [2.24, 2.45) is 10.8 Å². The maximum atomic E-state index is 12.8. The second-order valence-corrected chi connectivity index (χ2v) is 8.60. The standard InChI is InChI=1S/C16H24N2O8/c1-12(2)14(5)7-8-16(12,26-10(14)19)11(20)25-9-15(6,18(23)24)13(3,4)17(21)22/h7-9H2,1-6H3/t14-,15+,16+/m0/s1. The molecule has 1 aliphatic carbocycles. The molecule has 1 saturated carbocycles. The van der Waals surface area contributed by atoms with Crippen molar-refractivity contribution in [3.05, 3.63) is 20.2 Å². The van der Waals surface area contributed by atoms with E-state index >= 15 is 0 Å². The van der Waals surface area contributed by atoms with Crippen LogP contribution in [0, 0.1) is 31.1 Å². The van der Waals surface area contributed by atoms with E-state index in [2.05, 4.69) is 0 Å². The number of carbonyl (C=O) groups is 2. The summed E-state index contributed by atoms with van der Waals surface area (Å²) >= 11 is 0. The Morgan fingerprint density at radius 1 is 1.15 bits per heavy atom. The number of esters is 2. The first-order valence-corrected chi connectivity index (χ1v) is 8.30. The van der Waals surface area contributed by atoms with Gasteiger partial charge in [-0.05, 0) is 19.8 Å². The lowest BCUT2D eigenvalue weighted by atomic mass is 9.66. The van der Waals surface area contributed by atoms with Gasteiger partial charge in [0.05, 0.1) is 5.41 Å². The van der Waals surface area contributed by atoms with Gasteiger partial charge in [0.25, 0.3) is 5.54 Å². The molecule has 0 aromatic heterocycles. The highest BCUT2D eigenvalue weighted by molar-refractivity contribution is 5.93. The van der Waals surface area contributed by atoms with Crippen LogP contribution in [0.2, 0.25) is 0 Å². The van der Waals surface area contributed by atoms with Crippen LogP contribution >= 0.6 is 0 Å². The minimum Gasteiger partial charge on any atom is -0.455 e. The largest absolute Gasteiger partial charge is 0.455 e. The van der Waals surface area contributed by atoms with Crippen LogP contribution in [0.25, 0.3) is 0 Å². The van der Waals surface area contributed by atoms with Crippen LogP contribution in [-0.4, -0.2) is 45.1 Å². The predicted molar refractivity (Wildman–Crippen MR) is 87.4 cm³/mol. The summed E-state index contributed by atoms with van der Waals surface area (Å²) < 4.78 is 10.5. The molecule has 0 unspecified atom stereocenters. The summed E-state index contributed by atoms with van der Waals surface area (Å²) in [4.78, 5) is 46.2. The first-order valence-electron chi connectivity index (χ1n) is 8.30. The quantitative estimate of drug-likeness (QED) is 0.390. The highest BCUT2D eigenvalue weighted by atomic mass is 16.7. The molecule has 10 nitrogen and oxygen atoms in total. The molecule has 26 heavy (non-hydrogen) atoms. The molecule has 2 rings (SSSR count). The Bertz CT molecular complexity index is 702. The van der Waals surface area contributed by atoms with Gasteiger partial charge in [-0.15, -0.1) is 0 Å². The molecule has 10 heteroatoms. The monoisotopic (exact) mass is 372 g/mol. The van der Waals surface area contributed by atoms with Crippen molar-refractivity contribution in [3.63, 3.8) is 0 Å². The molecule has 146 valence electrons. The van der Waals surface area contributed by atoms with Crippen molar-refractivity contribution in [2.45, 2.75) is 71.1 Å². The third kappa shape index (κ3) is 2.10. The predicted octanol–water partition coefficient (Wildman–Crippen LogP) is 1.74. The highest BCUT2D eigenvalue weighted by Crippen LogP contribution is 2.65. The summed E-state index contributed by atoms with van der Waals surface area (Å²) in [6, 6.07) is 0. The lowest BCUT2D eigenvalue weighted by Gasteiger charge is -2.35. The Morgan fingerprint density at radius 2 is 1.69 bits per heavy atom. The SMILES string of the molecule is CC(C)([N+](=O)[O-])[C@@](C)(COC(=O)[C@@]12CC[C@@](C)(C(=O)O1)C2(C)C)[N+](=O)[O-]. The van der Waals surface area contributed by atoms with Crippen molar-refractivity contribution in [1.29, 1.82) is 0 Å². The van der Waals surface area contributed by atoms with Crippen LogP contribution < -0.4 is 0 Å². The van der Waals surface area contributed by atoms with Crippen molar-refractivity contribution in [2.75, 3.05) is 6.61 Å². The molecule has 3 atom stereocenters. The average molecular weight is 372 g/mol. The van der Waals surface area contributed by atoms with Gasteiger partial charge in [0, 0.05) is 36.0 Å². The van der Waals surface area contributed by atoms with E-state index in [0.717, 1.165) is 20.8 Å². The lowest BCUT2D eigenvalue weighted by molar-refractivity contribution is -0.678. The first kappa shape index (κ1) is 20.1. The number of fused-ring (bicyclic) bond motifs is 2. The molecule has 0 amide bonds. The van der Waals surface area contributed by atoms with Crippen LogP contribution in [0.3, 0.4) is 0 Å². The zero-order valence-corrected chi connectivity index (χ0v) is 15.8. The molecule has 2 bridgehead atoms. The summed E-state index contributed by atoms with van der Waals surface area (Å²) in [6.07, 6.45) is 0.676. The van der Waals surface area contributed by atoms with Gasteiger partial charge in [-0.2, -0.15) is 0 Å². The van der Waals surface area contributed by atoms with Crippen molar-refractivity contribution in [1.82, 2.24) is 0 Å². The number of carbonyl (C=O) groups excluding carboxylic acids is 2. The van der Waals surface area contributed by atoms with Crippen LogP contribution in [0.1, 0.15) is 54.4 Å². The molecule has 0 aromatic carbocycles. The van der Waals surface area contributed by atoms with Crippen molar-refractivity contribution < 1.29 is 28.9 Å². The smallest absolute Gasteiger partial charge is 0.351 e. The second kappa shape index (κ2) is 5.37. The Balaban J connectivity index is 2.30. The number of ether oxygens (including phenoxy) is 2. The second-order valence-electron chi connectivity index (χ2n) is 8.60. The van der Waals surface area contributed by atoms with Crippen LogP contribution in [0.4, 0.5) is 0 Å². The number of rotatable bonds is 6. The fraction of sp³-hybridized carbons (Fsp3) is 0.875. The molecule has 0 N–H and O–H groups in total. The molecule has 0 spiro atoms. The lowest BCUT2D eigenvalue weighted by Crippen LogP contribution is -2.61. The van der Waals surface area contributed by atoms with E-state index in [1.54, 1.807) is 20.8 Å². The summed E-state index contributed by atoms with van der Waals surface area (Å²) in [5.41, 5.74) is -7.39. The van der Waals surface area contributed by atoms with E-state index < -0.39 is 55.9 Å². The van der Waals surface area contributed by atoms with Crippen molar-refractivity contribution in [3.8, 4) is 0 Å². The molecule has 0 radical (unpaired) electrons. The van der Waals surface area contributed by atoms with E-state index in [9.17, 15) is 29.8 Å². The summed E-state index contributed by atoms with van der Waals surface area (Å²) in [6.45, 7) is 7.63. The molecule has 1 aliphatic heterocycles. The minimum atomic E-state index is -2.16. The fourth-order valence-electron chi connectivity index (χ4n) is 3.67. The molecule has 2 aliphatic rings. The van der Waals surface area contributed by atoms with Crippen LogP contribution in [0.15, 0.2) is 0 Å². The van der Waals surface area contributed by atoms with Gasteiger partial charge in [0.1, 0.15) is 0 Å². The average Bonchev–Trinajstić information content (AvgIpc) is 2.81. The van der Waals surface area contributed by atoms with Gasteiger partial charge in [-0.1, -0.05) is 13.8 Å². The summed E-state index contributed by atoms with van der Waals surface area (Å²) in [5, 5.41) is 22.8. The van der Waals surface area contributed by atoms with Crippen molar-refractivity contribution >= 4 is 11.9 Å². The number of hydrogen-bond donors (Lipinski definition) is 0. The Labute approximate surface area is 150 Å². The number of nitro groups is 2. The topological polar surface area (TPSA) is 139 Å². The summed E-state index contributed by atoms with van der Waals surface area (Å²) in [7, 11) is 0. The summed E-state index contributed by atoms with van der Waals surface area (Å²) in [5.74, 6) is -1.40.